The summed E-state index contributed by atoms with van der Waals surface area (Å²) in [6, 6.07) is 2.83. The summed E-state index contributed by atoms with van der Waals surface area (Å²) in [5, 5.41) is 17.9. The lowest BCUT2D eigenvalue weighted by molar-refractivity contribution is -0.384. The molecule has 1 aliphatic rings. The maximum Gasteiger partial charge on any atom is 0.282 e. The van der Waals surface area contributed by atoms with E-state index >= 15 is 0 Å². The van der Waals surface area contributed by atoms with Gasteiger partial charge in [0.15, 0.2) is 5.82 Å². The molecule has 0 aliphatic carbocycles. The van der Waals surface area contributed by atoms with Crippen LogP contribution >= 0.6 is 0 Å². The van der Waals surface area contributed by atoms with Gasteiger partial charge in [0.1, 0.15) is 11.4 Å². The van der Waals surface area contributed by atoms with Crippen molar-refractivity contribution in [3.63, 3.8) is 0 Å². The Morgan fingerprint density at radius 2 is 2.33 bits per heavy atom. The Balaban J connectivity index is 1.95. The molecule has 1 unspecified atom stereocenters. The molecular weight excluding hydrogens is 283 g/mol. The summed E-state index contributed by atoms with van der Waals surface area (Å²) in [7, 11) is 0. The van der Waals surface area contributed by atoms with Crippen LogP contribution < -0.4 is 5.32 Å². The third kappa shape index (κ3) is 2.73. The summed E-state index contributed by atoms with van der Waals surface area (Å²) in [6.45, 7) is 1.62. The molecular formula is C12H11FN4O4. The molecule has 0 bridgehead atoms. The van der Waals surface area contributed by atoms with Crippen LogP contribution in [-0.4, -0.2) is 34.8 Å². The van der Waals surface area contributed by atoms with Crippen LogP contribution in [0.4, 0.5) is 10.1 Å². The predicted molar refractivity (Wildman–Crippen MR) is 67.9 cm³/mol. The minimum Gasteiger partial charge on any atom is -0.378 e. The van der Waals surface area contributed by atoms with Crippen molar-refractivity contribution >= 4 is 5.69 Å². The summed E-state index contributed by atoms with van der Waals surface area (Å²) >= 11 is 0. The van der Waals surface area contributed by atoms with Gasteiger partial charge in [-0.05, 0) is 12.1 Å². The predicted octanol–water partition coefficient (Wildman–Crippen LogP) is 1.44. The van der Waals surface area contributed by atoms with Crippen molar-refractivity contribution in [3.05, 3.63) is 40.0 Å². The SMILES string of the molecule is O=[N+]([O-])c1ccc(F)cc1-c1nc(C2COCCN2)no1. The summed E-state index contributed by atoms with van der Waals surface area (Å²) < 4.78 is 23.6. The minimum absolute atomic E-state index is 0.0459. The van der Waals surface area contributed by atoms with Gasteiger partial charge in [-0.1, -0.05) is 5.16 Å². The fourth-order valence-electron chi connectivity index (χ4n) is 2.06. The molecule has 21 heavy (non-hydrogen) atoms. The van der Waals surface area contributed by atoms with Crippen LogP contribution in [0.2, 0.25) is 0 Å². The molecule has 3 rings (SSSR count). The molecule has 110 valence electrons. The van der Waals surface area contributed by atoms with Gasteiger partial charge < -0.3 is 14.6 Å². The van der Waals surface area contributed by atoms with E-state index in [0.29, 0.717) is 25.6 Å². The van der Waals surface area contributed by atoms with Crippen molar-refractivity contribution in [2.24, 2.45) is 0 Å². The highest BCUT2D eigenvalue weighted by Gasteiger charge is 2.25. The molecule has 1 aromatic heterocycles. The zero-order valence-electron chi connectivity index (χ0n) is 10.8. The molecule has 0 spiro atoms. The van der Waals surface area contributed by atoms with E-state index in [0.717, 1.165) is 18.2 Å². The van der Waals surface area contributed by atoms with Crippen LogP contribution in [0.25, 0.3) is 11.5 Å². The largest absolute Gasteiger partial charge is 0.378 e. The number of halogens is 1. The van der Waals surface area contributed by atoms with Crippen molar-refractivity contribution in [1.82, 2.24) is 15.5 Å². The third-order valence-corrected chi connectivity index (χ3v) is 3.06. The number of nitrogens with one attached hydrogen (secondary N) is 1. The second-order valence-corrected chi connectivity index (χ2v) is 4.46. The van der Waals surface area contributed by atoms with Gasteiger partial charge in [-0.3, -0.25) is 10.1 Å². The van der Waals surface area contributed by atoms with E-state index in [4.69, 9.17) is 9.26 Å². The molecule has 1 aliphatic heterocycles. The lowest BCUT2D eigenvalue weighted by Crippen LogP contribution is -2.35. The van der Waals surface area contributed by atoms with E-state index in [-0.39, 0.29) is 23.2 Å². The molecule has 9 heteroatoms. The number of rotatable bonds is 3. The fourth-order valence-corrected chi connectivity index (χ4v) is 2.06. The molecule has 0 saturated carbocycles. The van der Waals surface area contributed by atoms with Gasteiger partial charge in [0, 0.05) is 12.6 Å². The van der Waals surface area contributed by atoms with E-state index in [1.54, 1.807) is 0 Å². The summed E-state index contributed by atoms with van der Waals surface area (Å²) in [4.78, 5) is 14.4. The maximum absolute atomic E-state index is 13.3. The van der Waals surface area contributed by atoms with E-state index in [1.165, 1.54) is 0 Å². The molecule has 2 aromatic rings. The number of benzene rings is 1. The van der Waals surface area contributed by atoms with Gasteiger partial charge in [0.2, 0.25) is 0 Å². The van der Waals surface area contributed by atoms with Crippen molar-refractivity contribution < 1.29 is 18.6 Å². The second kappa shape index (κ2) is 5.54. The molecule has 8 nitrogen and oxygen atoms in total. The van der Waals surface area contributed by atoms with Crippen LogP contribution in [0.15, 0.2) is 22.7 Å². The molecule has 1 saturated heterocycles. The summed E-state index contributed by atoms with van der Waals surface area (Å²) in [5.41, 5.74) is -0.338. The highest BCUT2D eigenvalue weighted by molar-refractivity contribution is 5.66. The van der Waals surface area contributed by atoms with Crippen molar-refractivity contribution in [2.75, 3.05) is 19.8 Å². The zero-order valence-corrected chi connectivity index (χ0v) is 10.8. The quantitative estimate of drug-likeness (QED) is 0.674. The Morgan fingerprint density at radius 3 is 3.05 bits per heavy atom. The van der Waals surface area contributed by atoms with Crippen molar-refractivity contribution in [1.29, 1.82) is 0 Å². The van der Waals surface area contributed by atoms with Gasteiger partial charge >= 0.3 is 0 Å². The Labute approximate surface area is 118 Å². The number of nitrogens with zero attached hydrogens (tertiary/aromatic N) is 3. The molecule has 1 atom stereocenters. The average Bonchev–Trinajstić information content (AvgIpc) is 2.97. The lowest BCUT2D eigenvalue weighted by Gasteiger charge is -2.20. The maximum atomic E-state index is 13.3. The topological polar surface area (TPSA) is 103 Å². The first-order valence-electron chi connectivity index (χ1n) is 6.24. The second-order valence-electron chi connectivity index (χ2n) is 4.46. The first kappa shape index (κ1) is 13.6. The first-order chi connectivity index (χ1) is 10.1. The Morgan fingerprint density at radius 1 is 1.48 bits per heavy atom. The molecule has 0 radical (unpaired) electrons. The number of hydrogen-bond donors (Lipinski definition) is 1. The van der Waals surface area contributed by atoms with Gasteiger partial charge in [0.25, 0.3) is 11.6 Å². The Kier molecular flexibility index (Phi) is 3.59. The number of aromatic nitrogens is 2. The van der Waals surface area contributed by atoms with Crippen LogP contribution in [0.3, 0.4) is 0 Å². The standard InChI is InChI=1S/C12H11FN4O4/c13-7-1-2-10(17(18)19)8(5-7)12-15-11(16-21-12)9-6-20-4-3-14-9/h1-2,5,9,14H,3-4,6H2. The summed E-state index contributed by atoms with van der Waals surface area (Å²) in [5.74, 6) is -0.388. The van der Waals surface area contributed by atoms with Gasteiger partial charge in [-0.15, -0.1) is 0 Å². The molecule has 2 heterocycles. The third-order valence-electron chi connectivity index (χ3n) is 3.06. The summed E-state index contributed by atoms with van der Waals surface area (Å²) in [6.07, 6.45) is 0. The highest BCUT2D eigenvalue weighted by atomic mass is 19.1. The number of hydrogen-bond acceptors (Lipinski definition) is 7. The van der Waals surface area contributed by atoms with Gasteiger partial charge in [-0.25, -0.2) is 4.39 Å². The highest BCUT2D eigenvalue weighted by Crippen LogP contribution is 2.30. The number of nitro benzene ring substituents is 1. The number of nitro groups is 1. The van der Waals surface area contributed by atoms with E-state index in [1.807, 2.05) is 0 Å². The smallest absolute Gasteiger partial charge is 0.282 e. The lowest BCUT2D eigenvalue weighted by atomic mass is 10.1. The van der Waals surface area contributed by atoms with Crippen LogP contribution in [0.5, 0.6) is 0 Å². The number of ether oxygens (including phenoxy) is 1. The van der Waals surface area contributed by atoms with E-state index < -0.39 is 10.7 Å². The first-order valence-corrected chi connectivity index (χ1v) is 6.24. The minimum atomic E-state index is -0.624. The Hall–Kier alpha value is -2.39. The molecule has 0 amide bonds. The number of morpholine rings is 1. The van der Waals surface area contributed by atoms with Gasteiger partial charge in [0.05, 0.1) is 24.2 Å². The van der Waals surface area contributed by atoms with Crippen molar-refractivity contribution in [2.45, 2.75) is 6.04 Å². The van der Waals surface area contributed by atoms with Crippen LogP contribution in [0, 0.1) is 15.9 Å². The molecule has 1 N–H and O–H groups in total. The van der Waals surface area contributed by atoms with E-state index in [9.17, 15) is 14.5 Å². The normalized spacial score (nSPS) is 18.6. The fraction of sp³-hybridized carbons (Fsp3) is 0.333. The zero-order chi connectivity index (χ0) is 14.8. The molecule has 1 fully saturated rings. The van der Waals surface area contributed by atoms with Crippen molar-refractivity contribution in [3.8, 4) is 11.5 Å². The average molecular weight is 294 g/mol. The van der Waals surface area contributed by atoms with E-state index in [2.05, 4.69) is 15.5 Å². The monoisotopic (exact) mass is 294 g/mol. The molecule has 1 aromatic carbocycles. The van der Waals surface area contributed by atoms with Crippen LogP contribution in [-0.2, 0) is 4.74 Å². The Bertz CT molecular complexity index is 669. The van der Waals surface area contributed by atoms with Gasteiger partial charge in [-0.2, -0.15) is 4.98 Å². The van der Waals surface area contributed by atoms with Crippen LogP contribution in [0.1, 0.15) is 11.9 Å².